The first-order valence-corrected chi connectivity index (χ1v) is 10.4. The van der Waals surface area contributed by atoms with Crippen LogP contribution in [0, 0.1) is 11.3 Å². The molecule has 0 aliphatic carbocycles. The molecule has 0 heterocycles. The molecular formula is C24H27ClN2O3. The summed E-state index contributed by atoms with van der Waals surface area (Å²) in [5.74, 6) is 0.487. The van der Waals surface area contributed by atoms with Crippen molar-refractivity contribution in [1.82, 2.24) is 5.32 Å². The Balaban J connectivity index is 2.29. The first kappa shape index (κ1) is 23.3. The predicted molar refractivity (Wildman–Crippen MR) is 120 cm³/mol. The smallest absolute Gasteiger partial charge is 0.262 e. The molecule has 1 amide bonds. The SMILES string of the molecule is CCOc1cc(/C=C(/C#N)C(=O)N[C@H](C)c2ccccc2)cc(Cl)c1O[C@H](C)CC. The molecule has 0 radical (unpaired) electrons. The van der Waals surface area contributed by atoms with Crippen molar-refractivity contribution < 1.29 is 14.3 Å². The van der Waals surface area contributed by atoms with Gasteiger partial charge in [0, 0.05) is 0 Å². The van der Waals surface area contributed by atoms with E-state index in [4.69, 9.17) is 21.1 Å². The van der Waals surface area contributed by atoms with Gasteiger partial charge in [-0.2, -0.15) is 5.26 Å². The summed E-state index contributed by atoms with van der Waals surface area (Å²) < 4.78 is 11.6. The number of nitrogens with zero attached hydrogens (tertiary/aromatic N) is 1. The van der Waals surface area contributed by atoms with Gasteiger partial charge in [-0.05, 0) is 56.5 Å². The largest absolute Gasteiger partial charge is 0.490 e. The number of hydrogen-bond acceptors (Lipinski definition) is 4. The Morgan fingerprint density at radius 3 is 2.53 bits per heavy atom. The van der Waals surface area contributed by atoms with Gasteiger partial charge in [-0.25, -0.2) is 0 Å². The van der Waals surface area contributed by atoms with Crippen LogP contribution in [-0.2, 0) is 4.79 Å². The van der Waals surface area contributed by atoms with Gasteiger partial charge < -0.3 is 14.8 Å². The van der Waals surface area contributed by atoms with Gasteiger partial charge in [0.1, 0.15) is 11.6 Å². The van der Waals surface area contributed by atoms with E-state index in [1.54, 1.807) is 12.1 Å². The normalized spacial score (nSPS) is 13.1. The molecule has 158 valence electrons. The summed E-state index contributed by atoms with van der Waals surface area (Å²) in [6.07, 6.45) is 2.29. The fourth-order valence-corrected chi connectivity index (χ4v) is 3.01. The van der Waals surface area contributed by atoms with Crippen molar-refractivity contribution in [2.24, 2.45) is 0 Å². The Hall–Kier alpha value is -2.97. The average molecular weight is 427 g/mol. The molecule has 30 heavy (non-hydrogen) atoms. The Morgan fingerprint density at radius 2 is 1.93 bits per heavy atom. The van der Waals surface area contributed by atoms with Gasteiger partial charge in [0.05, 0.1) is 23.8 Å². The summed E-state index contributed by atoms with van der Waals surface area (Å²) >= 11 is 6.42. The molecule has 0 aliphatic heterocycles. The van der Waals surface area contributed by atoms with Crippen LogP contribution in [0.3, 0.4) is 0 Å². The zero-order valence-electron chi connectivity index (χ0n) is 17.7. The number of ether oxygens (including phenoxy) is 2. The van der Waals surface area contributed by atoms with Crippen molar-refractivity contribution >= 4 is 23.6 Å². The lowest BCUT2D eigenvalue weighted by molar-refractivity contribution is -0.117. The van der Waals surface area contributed by atoms with E-state index < -0.39 is 5.91 Å². The van der Waals surface area contributed by atoms with E-state index in [1.807, 2.05) is 64.1 Å². The highest BCUT2D eigenvalue weighted by atomic mass is 35.5. The van der Waals surface area contributed by atoms with Crippen LogP contribution in [0.25, 0.3) is 6.08 Å². The maximum Gasteiger partial charge on any atom is 0.262 e. The fourth-order valence-electron chi connectivity index (χ4n) is 2.75. The standard InChI is InChI=1S/C24H27ClN2O3/c1-5-16(3)30-23-21(25)13-18(14-22(23)29-6-2)12-20(15-26)24(28)27-17(4)19-10-8-7-9-11-19/h7-14,16-17H,5-6H2,1-4H3,(H,27,28)/b20-12-/t16-,17-/m1/s1. The first-order chi connectivity index (χ1) is 14.4. The summed E-state index contributed by atoms with van der Waals surface area (Å²) in [6.45, 7) is 8.13. The van der Waals surface area contributed by atoms with Gasteiger partial charge in [-0.15, -0.1) is 0 Å². The minimum Gasteiger partial charge on any atom is -0.490 e. The van der Waals surface area contributed by atoms with E-state index in [2.05, 4.69) is 5.32 Å². The van der Waals surface area contributed by atoms with Gasteiger partial charge in [0.25, 0.3) is 5.91 Å². The van der Waals surface area contributed by atoms with Crippen LogP contribution in [0.4, 0.5) is 0 Å². The second-order valence-electron chi connectivity index (χ2n) is 6.88. The first-order valence-electron chi connectivity index (χ1n) is 10.00. The van der Waals surface area contributed by atoms with Crippen LogP contribution in [0.2, 0.25) is 5.02 Å². The molecule has 0 unspecified atom stereocenters. The number of carbonyl (C=O) groups excluding carboxylic acids is 1. The minimum absolute atomic E-state index is 0.0214. The highest BCUT2D eigenvalue weighted by Crippen LogP contribution is 2.38. The monoisotopic (exact) mass is 426 g/mol. The van der Waals surface area contributed by atoms with Crippen molar-refractivity contribution in [2.75, 3.05) is 6.61 Å². The third-order valence-corrected chi connectivity index (χ3v) is 4.83. The fraction of sp³-hybridized carbons (Fsp3) is 0.333. The van der Waals surface area contributed by atoms with Crippen molar-refractivity contribution in [3.05, 3.63) is 64.2 Å². The van der Waals surface area contributed by atoms with Gasteiger partial charge >= 0.3 is 0 Å². The molecule has 5 nitrogen and oxygen atoms in total. The van der Waals surface area contributed by atoms with E-state index in [0.29, 0.717) is 28.7 Å². The molecule has 0 spiro atoms. The Labute approximate surface area is 183 Å². The number of carbonyl (C=O) groups is 1. The summed E-state index contributed by atoms with van der Waals surface area (Å²) in [4.78, 5) is 12.6. The average Bonchev–Trinajstić information content (AvgIpc) is 2.74. The number of amides is 1. The quantitative estimate of drug-likeness (QED) is 0.412. The Morgan fingerprint density at radius 1 is 1.23 bits per heavy atom. The third kappa shape index (κ3) is 6.27. The van der Waals surface area contributed by atoms with Gasteiger partial charge in [-0.3, -0.25) is 4.79 Å². The second kappa shape index (κ2) is 11.3. The molecule has 0 saturated heterocycles. The Bertz CT molecular complexity index is 935. The molecule has 6 heteroatoms. The van der Waals surface area contributed by atoms with Crippen LogP contribution >= 0.6 is 11.6 Å². The zero-order valence-corrected chi connectivity index (χ0v) is 18.5. The summed E-state index contributed by atoms with van der Waals surface area (Å²) in [5, 5.41) is 12.7. The van der Waals surface area contributed by atoms with Gasteiger partial charge in [0.2, 0.25) is 0 Å². The maximum atomic E-state index is 12.6. The van der Waals surface area contributed by atoms with Crippen molar-refractivity contribution in [1.29, 1.82) is 5.26 Å². The predicted octanol–water partition coefficient (Wildman–Crippen LogP) is 5.70. The summed E-state index contributed by atoms with van der Waals surface area (Å²) in [6, 6.07) is 14.7. The van der Waals surface area contributed by atoms with Crippen LogP contribution in [0.5, 0.6) is 11.5 Å². The van der Waals surface area contributed by atoms with Crippen LogP contribution in [0.1, 0.15) is 51.3 Å². The molecule has 0 fully saturated rings. The van der Waals surface area contributed by atoms with Crippen molar-refractivity contribution in [3.63, 3.8) is 0 Å². The van der Waals surface area contributed by atoms with E-state index in [1.165, 1.54) is 6.08 Å². The lowest BCUT2D eigenvalue weighted by atomic mass is 10.1. The molecule has 0 aliphatic rings. The molecule has 2 aromatic carbocycles. The molecule has 0 bridgehead atoms. The topological polar surface area (TPSA) is 71.3 Å². The van der Waals surface area contributed by atoms with Crippen LogP contribution in [-0.4, -0.2) is 18.6 Å². The number of hydrogen-bond donors (Lipinski definition) is 1. The highest BCUT2D eigenvalue weighted by molar-refractivity contribution is 6.32. The molecule has 1 N–H and O–H groups in total. The zero-order chi connectivity index (χ0) is 22.1. The van der Waals surface area contributed by atoms with Crippen LogP contribution in [0.15, 0.2) is 48.0 Å². The molecule has 2 aromatic rings. The Kier molecular flexibility index (Phi) is 8.76. The minimum atomic E-state index is -0.456. The molecule has 2 atom stereocenters. The molecule has 2 rings (SSSR count). The van der Waals surface area contributed by atoms with Crippen molar-refractivity contribution in [3.8, 4) is 17.6 Å². The lowest BCUT2D eigenvalue weighted by Crippen LogP contribution is -2.27. The molecule has 0 aromatic heterocycles. The number of halogens is 1. The number of rotatable bonds is 9. The van der Waals surface area contributed by atoms with E-state index in [0.717, 1.165) is 12.0 Å². The maximum absolute atomic E-state index is 12.6. The summed E-state index contributed by atoms with van der Waals surface area (Å²) in [5.41, 5.74) is 1.52. The van der Waals surface area contributed by atoms with E-state index in [-0.39, 0.29) is 17.7 Å². The number of nitrogens with one attached hydrogen (secondary N) is 1. The second-order valence-corrected chi connectivity index (χ2v) is 7.28. The number of nitriles is 1. The van der Waals surface area contributed by atoms with Gasteiger partial charge in [0.15, 0.2) is 11.5 Å². The molecular weight excluding hydrogens is 400 g/mol. The summed E-state index contributed by atoms with van der Waals surface area (Å²) in [7, 11) is 0. The third-order valence-electron chi connectivity index (χ3n) is 4.55. The lowest BCUT2D eigenvalue weighted by Gasteiger charge is -2.18. The van der Waals surface area contributed by atoms with Crippen molar-refractivity contribution in [2.45, 2.75) is 46.3 Å². The van der Waals surface area contributed by atoms with Crippen LogP contribution < -0.4 is 14.8 Å². The van der Waals surface area contributed by atoms with E-state index >= 15 is 0 Å². The van der Waals surface area contributed by atoms with Gasteiger partial charge in [-0.1, -0.05) is 48.9 Å². The number of benzene rings is 2. The van der Waals surface area contributed by atoms with E-state index in [9.17, 15) is 10.1 Å². The highest BCUT2D eigenvalue weighted by Gasteiger charge is 2.17. The molecule has 0 saturated carbocycles.